The van der Waals surface area contributed by atoms with E-state index in [1.807, 2.05) is 24.0 Å². The minimum atomic E-state index is 0.117. The van der Waals surface area contributed by atoms with Crippen molar-refractivity contribution < 1.29 is 9.32 Å². The van der Waals surface area contributed by atoms with Gasteiger partial charge in [0, 0.05) is 37.9 Å². The molecule has 2 heterocycles. The zero-order valence-electron chi connectivity index (χ0n) is 12.9. The highest BCUT2D eigenvalue weighted by Crippen LogP contribution is 2.16. The van der Waals surface area contributed by atoms with Crippen molar-refractivity contribution in [2.45, 2.75) is 19.8 Å². The summed E-state index contributed by atoms with van der Waals surface area (Å²) in [6.45, 7) is 5.26. The van der Waals surface area contributed by atoms with E-state index >= 15 is 0 Å². The fraction of sp³-hybridized carbons (Fsp3) is 0.412. The predicted octanol–water partition coefficient (Wildman–Crippen LogP) is 2.26. The van der Waals surface area contributed by atoms with Crippen LogP contribution in [0.3, 0.4) is 0 Å². The van der Waals surface area contributed by atoms with Crippen LogP contribution in [-0.4, -0.2) is 42.1 Å². The number of carbonyl (C=O) groups excluding carboxylic acids is 1. The van der Waals surface area contributed by atoms with Crippen LogP contribution in [0, 0.1) is 6.92 Å². The predicted molar refractivity (Wildman–Crippen MR) is 84.8 cm³/mol. The van der Waals surface area contributed by atoms with E-state index in [1.54, 1.807) is 0 Å². The summed E-state index contributed by atoms with van der Waals surface area (Å²) in [7, 11) is 0. The van der Waals surface area contributed by atoms with E-state index in [0.717, 1.165) is 38.3 Å². The molecule has 1 aromatic heterocycles. The monoisotopic (exact) mass is 299 g/mol. The number of aromatic nitrogens is 1. The van der Waals surface area contributed by atoms with Crippen LogP contribution in [0.2, 0.25) is 0 Å². The lowest BCUT2D eigenvalue weighted by molar-refractivity contribution is -0.130. The smallest absolute Gasteiger partial charge is 0.230 e. The summed E-state index contributed by atoms with van der Waals surface area (Å²) in [6, 6.07) is 12.2. The van der Waals surface area contributed by atoms with Crippen LogP contribution in [0.1, 0.15) is 17.9 Å². The maximum absolute atomic E-state index is 12.4. The lowest BCUT2D eigenvalue weighted by Crippen LogP contribution is -2.36. The Labute approximate surface area is 130 Å². The number of anilines is 1. The van der Waals surface area contributed by atoms with Crippen molar-refractivity contribution in [3.63, 3.8) is 0 Å². The molecule has 0 atom stereocenters. The van der Waals surface area contributed by atoms with E-state index in [-0.39, 0.29) is 5.91 Å². The molecule has 1 fully saturated rings. The zero-order valence-corrected chi connectivity index (χ0v) is 12.9. The van der Waals surface area contributed by atoms with E-state index in [1.165, 1.54) is 5.69 Å². The number of carbonyl (C=O) groups is 1. The van der Waals surface area contributed by atoms with Crippen molar-refractivity contribution in [2.24, 2.45) is 0 Å². The number of rotatable bonds is 3. The van der Waals surface area contributed by atoms with Gasteiger partial charge in [-0.25, -0.2) is 0 Å². The fourth-order valence-corrected chi connectivity index (χ4v) is 2.82. The summed E-state index contributed by atoms with van der Waals surface area (Å²) in [5.74, 6) is 0.762. The normalized spacial score (nSPS) is 15.7. The molecule has 1 saturated heterocycles. The minimum absolute atomic E-state index is 0.117. The van der Waals surface area contributed by atoms with Crippen LogP contribution >= 0.6 is 0 Å². The number of amides is 1. The summed E-state index contributed by atoms with van der Waals surface area (Å²) >= 11 is 0. The summed E-state index contributed by atoms with van der Waals surface area (Å²) < 4.78 is 5.14. The quantitative estimate of drug-likeness (QED) is 0.872. The first-order chi connectivity index (χ1) is 10.7. The number of benzene rings is 1. The van der Waals surface area contributed by atoms with Gasteiger partial charge in [-0.05, 0) is 25.5 Å². The molecule has 1 aliphatic heterocycles. The second-order valence-corrected chi connectivity index (χ2v) is 5.67. The molecule has 0 spiro atoms. The van der Waals surface area contributed by atoms with Crippen LogP contribution in [0.15, 0.2) is 40.9 Å². The Morgan fingerprint density at radius 2 is 2.00 bits per heavy atom. The molecular weight excluding hydrogens is 278 g/mol. The highest BCUT2D eigenvalue weighted by molar-refractivity contribution is 5.78. The van der Waals surface area contributed by atoms with Crippen molar-refractivity contribution in [3.8, 4) is 0 Å². The number of aryl methyl sites for hydroxylation is 1. The summed E-state index contributed by atoms with van der Waals surface area (Å²) in [5, 5.41) is 3.83. The van der Waals surface area contributed by atoms with Crippen LogP contribution in [-0.2, 0) is 11.2 Å². The van der Waals surface area contributed by atoms with Crippen molar-refractivity contribution >= 4 is 11.6 Å². The minimum Gasteiger partial charge on any atom is -0.370 e. The fourth-order valence-electron chi connectivity index (χ4n) is 2.82. The molecular formula is C17H21N3O2. The first kappa shape index (κ1) is 14.6. The number of hydrogen-bond acceptors (Lipinski definition) is 4. The van der Waals surface area contributed by atoms with Gasteiger partial charge in [-0.3, -0.25) is 4.79 Å². The molecule has 0 N–H and O–H groups in total. The average Bonchev–Trinajstić information content (AvgIpc) is 2.80. The molecule has 1 amide bonds. The van der Waals surface area contributed by atoms with E-state index in [0.29, 0.717) is 12.2 Å². The number of hydrogen-bond donors (Lipinski definition) is 0. The van der Waals surface area contributed by atoms with Gasteiger partial charge in [0.15, 0.2) is 0 Å². The lowest BCUT2D eigenvalue weighted by atomic mass is 10.2. The third-order valence-electron chi connectivity index (χ3n) is 3.97. The van der Waals surface area contributed by atoms with Gasteiger partial charge in [0.25, 0.3) is 0 Å². The maximum Gasteiger partial charge on any atom is 0.230 e. The van der Waals surface area contributed by atoms with Crippen molar-refractivity contribution in [1.82, 2.24) is 10.1 Å². The van der Waals surface area contributed by atoms with Crippen LogP contribution < -0.4 is 4.90 Å². The highest BCUT2D eigenvalue weighted by Gasteiger charge is 2.20. The molecule has 5 nitrogen and oxygen atoms in total. The van der Waals surface area contributed by atoms with Gasteiger partial charge in [0.1, 0.15) is 5.76 Å². The average molecular weight is 299 g/mol. The Morgan fingerprint density at radius 1 is 1.18 bits per heavy atom. The van der Waals surface area contributed by atoms with Crippen molar-refractivity contribution in [1.29, 1.82) is 0 Å². The molecule has 0 radical (unpaired) electrons. The maximum atomic E-state index is 12.4. The standard InChI is InChI=1S/C17H21N3O2/c1-14-12-16(22-18-14)13-17(21)20-9-5-8-19(10-11-20)15-6-3-2-4-7-15/h2-4,6-7,12H,5,8-11,13H2,1H3. The molecule has 0 unspecified atom stereocenters. The highest BCUT2D eigenvalue weighted by atomic mass is 16.5. The zero-order chi connectivity index (χ0) is 15.4. The molecule has 22 heavy (non-hydrogen) atoms. The Balaban J connectivity index is 1.59. The van der Waals surface area contributed by atoms with E-state index < -0.39 is 0 Å². The Kier molecular flexibility index (Phi) is 4.42. The van der Waals surface area contributed by atoms with Gasteiger partial charge in [-0.1, -0.05) is 23.4 Å². The molecule has 1 aromatic carbocycles. The summed E-state index contributed by atoms with van der Waals surface area (Å²) in [6.07, 6.45) is 1.28. The van der Waals surface area contributed by atoms with E-state index in [9.17, 15) is 4.79 Å². The topological polar surface area (TPSA) is 49.6 Å². The van der Waals surface area contributed by atoms with Gasteiger partial charge in [-0.2, -0.15) is 0 Å². The summed E-state index contributed by atoms with van der Waals surface area (Å²) in [4.78, 5) is 16.7. The summed E-state index contributed by atoms with van der Waals surface area (Å²) in [5.41, 5.74) is 2.04. The van der Waals surface area contributed by atoms with Crippen LogP contribution in [0.5, 0.6) is 0 Å². The Morgan fingerprint density at radius 3 is 2.73 bits per heavy atom. The first-order valence-electron chi connectivity index (χ1n) is 7.72. The molecule has 3 rings (SSSR count). The number of nitrogens with zero attached hydrogens (tertiary/aromatic N) is 3. The Hall–Kier alpha value is -2.30. The van der Waals surface area contributed by atoms with E-state index in [4.69, 9.17) is 4.52 Å². The molecule has 116 valence electrons. The van der Waals surface area contributed by atoms with E-state index in [2.05, 4.69) is 34.3 Å². The second-order valence-electron chi connectivity index (χ2n) is 5.67. The SMILES string of the molecule is Cc1cc(CC(=O)N2CCCN(c3ccccc3)CC2)on1. The van der Waals surface area contributed by atoms with Crippen LogP contribution in [0.25, 0.3) is 0 Å². The van der Waals surface area contributed by atoms with Gasteiger partial charge in [0.2, 0.25) is 5.91 Å². The molecule has 5 heteroatoms. The Bertz CT molecular complexity index is 624. The lowest BCUT2D eigenvalue weighted by Gasteiger charge is -2.23. The van der Waals surface area contributed by atoms with Crippen LogP contribution in [0.4, 0.5) is 5.69 Å². The van der Waals surface area contributed by atoms with Crippen molar-refractivity contribution in [2.75, 3.05) is 31.1 Å². The number of para-hydroxylation sites is 1. The molecule has 0 bridgehead atoms. The molecule has 2 aromatic rings. The molecule has 0 saturated carbocycles. The van der Waals surface area contributed by atoms with Gasteiger partial charge >= 0.3 is 0 Å². The van der Waals surface area contributed by atoms with Crippen molar-refractivity contribution in [3.05, 3.63) is 47.9 Å². The first-order valence-corrected chi connectivity index (χ1v) is 7.72. The van der Waals surface area contributed by atoms with Gasteiger partial charge in [-0.15, -0.1) is 0 Å². The largest absolute Gasteiger partial charge is 0.370 e. The third kappa shape index (κ3) is 3.47. The van der Waals surface area contributed by atoms with Gasteiger partial charge < -0.3 is 14.3 Å². The van der Waals surface area contributed by atoms with Gasteiger partial charge in [0.05, 0.1) is 12.1 Å². The molecule has 1 aliphatic rings. The second kappa shape index (κ2) is 6.64. The molecule has 0 aliphatic carbocycles. The third-order valence-corrected chi connectivity index (χ3v) is 3.97.